The molecule has 0 atom stereocenters. The molecule has 0 aliphatic carbocycles. The zero-order chi connectivity index (χ0) is 11.5. The van der Waals surface area contributed by atoms with Gasteiger partial charge in [0.25, 0.3) is 0 Å². The van der Waals surface area contributed by atoms with Gasteiger partial charge in [0, 0.05) is 12.7 Å². The second kappa shape index (κ2) is 4.45. The molecule has 0 fully saturated rings. The number of nitrogens with zero attached hydrogens (tertiary/aromatic N) is 3. The number of aromatic nitrogens is 3. The average molecular weight is 236 g/mol. The van der Waals surface area contributed by atoms with Crippen LogP contribution < -0.4 is 0 Å². The van der Waals surface area contributed by atoms with E-state index in [0.29, 0.717) is 23.0 Å². The molecule has 0 saturated carbocycles. The Labute approximate surface area is 97.9 Å². The molecule has 0 bridgehead atoms. The molecule has 2 aromatic rings. The van der Waals surface area contributed by atoms with Crippen molar-refractivity contribution in [1.29, 1.82) is 0 Å². The summed E-state index contributed by atoms with van der Waals surface area (Å²) < 4.78 is 1.57. The topological polar surface area (TPSA) is 47.8 Å². The highest BCUT2D eigenvalue weighted by molar-refractivity contribution is 6.34. The molecular formula is C11H10ClN3O. The van der Waals surface area contributed by atoms with Crippen molar-refractivity contribution in [2.75, 3.05) is 0 Å². The third kappa shape index (κ3) is 1.84. The number of hydrogen-bond acceptors (Lipinski definition) is 3. The third-order valence-electron chi connectivity index (χ3n) is 2.21. The SMILES string of the molecule is CCn1ncc(Cl)c1C(=O)c1ccccn1. The zero-order valence-electron chi connectivity index (χ0n) is 8.72. The zero-order valence-corrected chi connectivity index (χ0v) is 9.48. The van der Waals surface area contributed by atoms with Crippen LogP contribution in [0.15, 0.2) is 30.6 Å². The Morgan fingerprint density at radius 1 is 1.50 bits per heavy atom. The smallest absolute Gasteiger partial charge is 0.230 e. The Kier molecular flexibility index (Phi) is 3.01. The monoisotopic (exact) mass is 235 g/mol. The van der Waals surface area contributed by atoms with Gasteiger partial charge in [-0.2, -0.15) is 5.10 Å². The molecule has 0 radical (unpaired) electrons. The first-order valence-electron chi connectivity index (χ1n) is 4.91. The van der Waals surface area contributed by atoms with Crippen molar-refractivity contribution in [3.05, 3.63) is 47.0 Å². The Morgan fingerprint density at radius 3 is 2.94 bits per heavy atom. The maximum atomic E-state index is 12.1. The summed E-state index contributed by atoms with van der Waals surface area (Å²) in [6, 6.07) is 5.18. The summed E-state index contributed by atoms with van der Waals surface area (Å²) >= 11 is 5.94. The molecule has 0 unspecified atom stereocenters. The van der Waals surface area contributed by atoms with Gasteiger partial charge < -0.3 is 0 Å². The Balaban J connectivity index is 2.45. The third-order valence-corrected chi connectivity index (χ3v) is 2.48. The molecule has 0 aromatic carbocycles. The van der Waals surface area contributed by atoms with Gasteiger partial charge in [-0.1, -0.05) is 17.7 Å². The van der Waals surface area contributed by atoms with Crippen LogP contribution in [0, 0.1) is 0 Å². The van der Waals surface area contributed by atoms with E-state index in [-0.39, 0.29) is 5.78 Å². The lowest BCUT2D eigenvalue weighted by atomic mass is 10.2. The minimum Gasteiger partial charge on any atom is -0.285 e. The van der Waals surface area contributed by atoms with E-state index in [2.05, 4.69) is 10.1 Å². The van der Waals surface area contributed by atoms with Crippen molar-refractivity contribution in [3.8, 4) is 0 Å². The molecular weight excluding hydrogens is 226 g/mol. The maximum Gasteiger partial charge on any atom is 0.230 e. The van der Waals surface area contributed by atoms with E-state index >= 15 is 0 Å². The summed E-state index contributed by atoms with van der Waals surface area (Å²) in [6.45, 7) is 2.50. The Morgan fingerprint density at radius 2 is 2.31 bits per heavy atom. The molecule has 0 N–H and O–H groups in total. The standard InChI is InChI=1S/C11H10ClN3O/c1-2-15-10(8(12)7-14-15)11(16)9-5-3-4-6-13-9/h3-7H,2H2,1H3. The highest BCUT2D eigenvalue weighted by atomic mass is 35.5. The summed E-state index contributed by atoms with van der Waals surface area (Å²) in [4.78, 5) is 16.1. The lowest BCUT2D eigenvalue weighted by Gasteiger charge is -2.03. The van der Waals surface area contributed by atoms with Crippen molar-refractivity contribution in [3.63, 3.8) is 0 Å². The van der Waals surface area contributed by atoms with Gasteiger partial charge in [0.15, 0.2) is 0 Å². The van der Waals surface area contributed by atoms with Gasteiger partial charge in [0.05, 0.1) is 11.2 Å². The molecule has 0 amide bonds. The lowest BCUT2D eigenvalue weighted by Crippen LogP contribution is -2.12. The largest absolute Gasteiger partial charge is 0.285 e. The van der Waals surface area contributed by atoms with Crippen molar-refractivity contribution in [1.82, 2.24) is 14.8 Å². The molecule has 82 valence electrons. The van der Waals surface area contributed by atoms with Crippen molar-refractivity contribution < 1.29 is 4.79 Å². The Hall–Kier alpha value is -1.68. The molecule has 2 rings (SSSR count). The van der Waals surface area contributed by atoms with Crippen molar-refractivity contribution in [2.24, 2.45) is 0 Å². The summed E-state index contributed by atoms with van der Waals surface area (Å²) in [5.74, 6) is -0.204. The van der Waals surface area contributed by atoms with E-state index in [9.17, 15) is 4.79 Å². The van der Waals surface area contributed by atoms with Gasteiger partial charge >= 0.3 is 0 Å². The fraction of sp³-hybridized carbons (Fsp3) is 0.182. The van der Waals surface area contributed by atoms with Gasteiger partial charge in [-0.3, -0.25) is 14.5 Å². The molecule has 2 aromatic heterocycles. The molecule has 2 heterocycles. The van der Waals surface area contributed by atoms with E-state index in [4.69, 9.17) is 11.6 Å². The maximum absolute atomic E-state index is 12.1. The summed E-state index contributed by atoms with van der Waals surface area (Å²) in [5, 5.41) is 4.38. The quantitative estimate of drug-likeness (QED) is 0.767. The van der Waals surface area contributed by atoms with E-state index in [1.807, 2.05) is 6.92 Å². The van der Waals surface area contributed by atoms with E-state index in [1.165, 1.54) is 6.20 Å². The van der Waals surface area contributed by atoms with E-state index < -0.39 is 0 Å². The average Bonchev–Trinajstić information content (AvgIpc) is 2.70. The van der Waals surface area contributed by atoms with E-state index in [0.717, 1.165) is 0 Å². The van der Waals surface area contributed by atoms with Crippen LogP contribution in [-0.4, -0.2) is 20.5 Å². The molecule has 0 saturated heterocycles. The van der Waals surface area contributed by atoms with Crippen LogP contribution in [0.2, 0.25) is 5.02 Å². The van der Waals surface area contributed by atoms with Crippen LogP contribution in [-0.2, 0) is 6.54 Å². The first kappa shape index (κ1) is 10.8. The fourth-order valence-corrected chi connectivity index (χ4v) is 1.67. The molecule has 16 heavy (non-hydrogen) atoms. The summed E-state index contributed by atoms with van der Waals surface area (Å²) in [5.41, 5.74) is 0.766. The van der Waals surface area contributed by atoms with Crippen LogP contribution >= 0.6 is 11.6 Å². The van der Waals surface area contributed by atoms with Gasteiger partial charge in [-0.15, -0.1) is 0 Å². The van der Waals surface area contributed by atoms with Crippen LogP contribution in [0.4, 0.5) is 0 Å². The first-order valence-corrected chi connectivity index (χ1v) is 5.29. The van der Waals surface area contributed by atoms with Crippen LogP contribution in [0.3, 0.4) is 0 Å². The second-order valence-electron chi connectivity index (χ2n) is 3.20. The minimum atomic E-state index is -0.204. The molecule has 0 aliphatic rings. The van der Waals surface area contributed by atoms with Gasteiger partial charge in [0.2, 0.25) is 5.78 Å². The first-order chi connectivity index (χ1) is 7.74. The minimum absolute atomic E-state index is 0.204. The number of rotatable bonds is 3. The molecule has 5 heteroatoms. The highest BCUT2D eigenvalue weighted by Gasteiger charge is 2.18. The van der Waals surface area contributed by atoms with Gasteiger partial charge in [-0.05, 0) is 19.1 Å². The van der Waals surface area contributed by atoms with Crippen LogP contribution in [0.5, 0.6) is 0 Å². The number of ketones is 1. The molecule has 0 aliphatic heterocycles. The Bertz CT molecular complexity index is 507. The van der Waals surface area contributed by atoms with Crippen molar-refractivity contribution >= 4 is 17.4 Å². The number of aryl methyl sites for hydroxylation is 1. The number of carbonyl (C=O) groups is 1. The number of carbonyl (C=O) groups excluding carboxylic acids is 1. The predicted octanol–water partition coefficient (Wildman–Crippen LogP) is 2.18. The van der Waals surface area contributed by atoms with Gasteiger partial charge in [0.1, 0.15) is 11.4 Å². The lowest BCUT2D eigenvalue weighted by molar-refractivity contribution is 0.102. The highest BCUT2D eigenvalue weighted by Crippen LogP contribution is 2.18. The number of halogens is 1. The number of hydrogen-bond donors (Lipinski definition) is 0. The number of pyridine rings is 1. The fourth-order valence-electron chi connectivity index (χ4n) is 1.45. The normalized spacial score (nSPS) is 10.4. The summed E-state index contributed by atoms with van der Waals surface area (Å²) in [7, 11) is 0. The molecule has 0 spiro atoms. The second-order valence-corrected chi connectivity index (χ2v) is 3.61. The van der Waals surface area contributed by atoms with Crippen LogP contribution in [0.1, 0.15) is 23.1 Å². The van der Waals surface area contributed by atoms with Crippen molar-refractivity contribution in [2.45, 2.75) is 13.5 Å². The van der Waals surface area contributed by atoms with Gasteiger partial charge in [-0.25, -0.2) is 0 Å². The van der Waals surface area contributed by atoms with E-state index in [1.54, 1.807) is 29.1 Å². The van der Waals surface area contributed by atoms with Crippen LogP contribution in [0.25, 0.3) is 0 Å². The predicted molar refractivity (Wildman–Crippen MR) is 60.6 cm³/mol. The molecule has 4 nitrogen and oxygen atoms in total. The summed E-state index contributed by atoms with van der Waals surface area (Å²) in [6.07, 6.45) is 3.05.